The van der Waals surface area contributed by atoms with Crippen LogP contribution in [0.15, 0.2) is 97.1 Å². The summed E-state index contributed by atoms with van der Waals surface area (Å²) < 4.78 is 18.8. The summed E-state index contributed by atoms with van der Waals surface area (Å²) in [4.78, 5) is 0. The summed E-state index contributed by atoms with van der Waals surface area (Å²) in [5.74, 6) is 2.36. The number of halogens is 1. The van der Waals surface area contributed by atoms with E-state index in [2.05, 4.69) is 48.5 Å². The molecule has 4 aromatic carbocycles. The Labute approximate surface area is 181 Å². The van der Waals surface area contributed by atoms with Gasteiger partial charge in [0.2, 0.25) is 0 Å². The lowest BCUT2D eigenvalue weighted by Crippen LogP contribution is -2.77. The van der Waals surface area contributed by atoms with Gasteiger partial charge in [-0.3, -0.25) is 0 Å². The first kappa shape index (κ1) is 17.7. The van der Waals surface area contributed by atoms with Crippen molar-refractivity contribution < 1.29 is 14.0 Å². The van der Waals surface area contributed by atoms with E-state index in [1.807, 2.05) is 48.5 Å². The molecule has 0 unspecified atom stereocenters. The van der Waals surface area contributed by atoms with Crippen molar-refractivity contribution in [2.75, 3.05) is 0 Å². The minimum absolute atomic E-state index is 0.708. The monoisotopic (exact) mass is 426 g/mol. The van der Waals surface area contributed by atoms with E-state index in [0.717, 1.165) is 17.2 Å². The van der Waals surface area contributed by atoms with Crippen molar-refractivity contribution in [2.24, 2.45) is 0 Å². The van der Waals surface area contributed by atoms with Gasteiger partial charge in [0.05, 0.1) is 0 Å². The van der Waals surface area contributed by atoms with Gasteiger partial charge in [-0.25, -0.2) is 0 Å². The normalized spacial score (nSPS) is 15.2. The van der Waals surface area contributed by atoms with Crippen molar-refractivity contribution in [3.8, 4) is 17.2 Å². The van der Waals surface area contributed by atoms with Crippen molar-refractivity contribution in [3.05, 3.63) is 102 Å². The van der Waals surface area contributed by atoms with E-state index in [4.69, 9.17) is 25.6 Å². The van der Waals surface area contributed by atoms with Gasteiger partial charge < -0.3 is 14.0 Å². The fourth-order valence-electron chi connectivity index (χ4n) is 4.62. The van der Waals surface area contributed by atoms with Crippen LogP contribution >= 0.6 is 11.6 Å². The molecule has 6 heteroatoms. The highest BCUT2D eigenvalue weighted by Gasteiger charge is 2.52. The molecule has 4 aromatic rings. The second-order valence-corrected chi connectivity index (χ2v) is 11.5. The molecule has 7 rings (SSSR count). The van der Waals surface area contributed by atoms with Gasteiger partial charge in [0, 0.05) is 5.02 Å². The highest BCUT2D eigenvalue weighted by molar-refractivity contribution is 7.21. The lowest BCUT2D eigenvalue weighted by atomic mass is 10.1. The Hall–Kier alpha value is -3.15. The van der Waals surface area contributed by atoms with Gasteiger partial charge in [0.1, 0.15) is 17.2 Å². The predicted octanol–water partition coefficient (Wildman–Crippen LogP) is 2.87. The van der Waals surface area contributed by atoms with E-state index >= 15 is 0 Å². The molecule has 0 saturated heterocycles. The average molecular weight is 427 g/mol. The first-order valence-electron chi connectivity index (χ1n) is 9.81. The van der Waals surface area contributed by atoms with Gasteiger partial charge in [-0.1, -0.05) is 78.3 Å². The van der Waals surface area contributed by atoms with Crippen LogP contribution in [-0.4, -0.2) is 15.4 Å². The Kier molecular flexibility index (Phi) is 3.94. The second kappa shape index (κ2) is 6.69. The van der Waals surface area contributed by atoms with Crippen LogP contribution in [0.3, 0.4) is 0 Å². The third kappa shape index (κ3) is 2.46. The van der Waals surface area contributed by atoms with Crippen molar-refractivity contribution in [2.45, 2.75) is 0 Å². The lowest BCUT2D eigenvalue weighted by molar-refractivity contribution is 0.308. The molecule has 0 spiro atoms. The van der Waals surface area contributed by atoms with Gasteiger partial charge in [-0.2, -0.15) is 0 Å². The zero-order valence-electron chi connectivity index (χ0n) is 15.9. The van der Waals surface area contributed by atoms with Crippen LogP contribution in [0.4, 0.5) is 0 Å². The number of para-hydroxylation sites is 3. The zero-order valence-corrected chi connectivity index (χ0v) is 17.7. The minimum atomic E-state index is -2.82. The smallest absolute Gasteiger partial charge is 0.490 e. The number of rotatable bonds is 1. The van der Waals surface area contributed by atoms with E-state index in [0.29, 0.717) is 5.02 Å². The van der Waals surface area contributed by atoms with E-state index in [9.17, 15) is 0 Å². The Morgan fingerprint density at radius 3 is 1.37 bits per heavy atom. The second-order valence-electron chi connectivity index (χ2n) is 7.39. The van der Waals surface area contributed by atoms with Gasteiger partial charge in [0.15, 0.2) is 8.07 Å². The molecule has 3 aliphatic heterocycles. The van der Waals surface area contributed by atoms with Crippen molar-refractivity contribution >= 4 is 47.7 Å². The summed E-state index contributed by atoms with van der Waals surface area (Å²) in [6, 6.07) is 32.9. The fraction of sp³-hybridized carbons (Fsp3) is 0. The molecule has 0 aliphatic carbocycles. The quantitative estimate of drug-likeness (QED) is 0.438. The molecule has 0 aromatic heterocycles. The van der Waals surface area contributed by atoms with E-state index in [1.54, 1.807) is 0 Å². The molecule has 0 saturated carbocycles. The van der Waals surface area contributed by atoms with Gasteiger partial charge in [0.25, 0.3) is 0 Å². The Morgan fingerprint density at radius 2 is 0.933 bits per heavy atom. The van der Waals surface area contributed by atoms with Crippen LogP contribution in [0.1, 0.15) is 0 Å². The first-order chi connectivity index (χ1) is 14.8. The molecule has 0 radical (unpaired) electrons. The van der Waals surface area contributed by atoms with Crippen LogP contribution < -0.4 is 34.7 Å². The van der Waals surface area contributed by atoms with Gasteiger partial charge in [-0.15, -0.1) is 0 Å². The van der Waals surface area contributed by atoms with Crippen LogP contribution in [0.2, 0.25) is 5.02 Å². The maximum atomic E-state index is 6.28. The van der Waals surface area contributed by atoms with Crippen molar-refractivity contribution in [1.82, 2.24) is 0 Å². The largest absolute Gasteiger partial charge is 0.864 e. The summed E-state index contributed by atoms with van der Waals surface area (Å²) in [6.07, 6.45) is 0. The fourth-order valence-corrected chi connectivity index (χ4v) is 9.79. The van der Waals surface area contributed by atoms with Crippen LogP contribution in [0.25, 0.3) is 0 Å². The Bertz CT molecular complexity index is 1140. The summed E-state index contributed by atoms with van der Waals surface area (Å²) >= 11 is 6.28. The molecule has 0 fully saturated rings. The molecular formula is C24H16BClO3Si. The maximum absolute atomic E-state index is 6.28. The molecule has 30 heavy (non-hydrogen) atoms. The van der Waals surface area contributed by atoms with E-state index in [-0.39, 0.29) is 0 Å². The van der Waals surface area contributed by atoms with Crippen LogP contribution in [0, 0.1) is 0 Å². The molecule has 0 atom stereocenters. The van der Waals surface area contributed by atoms with Gasteiger partial charge in [-0.05, 0) is 51.1 Å². The maximum Gasteiger partial charge on any atom is 0.864 e. The zero-order chi connectivity index (χ0) is 20.1. The van der Waals surface area contributed by atoms with Crippen LogP contribution in [-0.2, 0) is 0 Å². The lowest BCUT2D eigenvalue weighted by Gasteiger charge is -2.41. The Morgan fingerprint density at radius 1 is 0.533 bits per heavy atom. The molecule has 144 valence electrons. The van der Waals surface area contributed by atoms with Crippen molar-refractivity contribution in [1.29, 1.82) is 0 Å². The highest BCUT2D eigenvalue weighted by atomic mass is 35.5. The summed E-state index contributed by atoms with van der Waals surface area (Å²) in [5, 5.41) is 5.41. The third-order valence-corrected chi connectivity index (χ3v) is 10.9. The molecule has 3 aliphatic rings. The number of hydrogen-bond donors (Lipinski definition) is 0. The SMILES string of the molecule is Clc1ccc([Si]23c4ccccc4OB(Oc4ccccc42)Oc2ccccc23)cc1. The third-order valence-electron chi connectivity index (χ3n) is 5.82. The topological polar surface area (TPSA) is 27.7 Å². The predicted molar refractivity (Wildman–Crippen MR) is 123 cm³/mol. The van der Waals surface area contributed by atoms with Crippen LogP contribution in [0.5, 0.6) is 17.2 Å². The molecule has 0 N–H and O–H groups in total. The molecule has 3 nitrogen and oxygen atoms in total. The molecular weight excluding hydrogens is 411 g/mol. The highest BCUT2D eigenvalue weighted by Crippen LogP contribution is 2.29. The summed E-state index contributed by atoms with van der Waals surface area (Å²) in [5.41, 5.74) is 0. The molecule has 0 amide bonds. The minimum Gasteiger partial charge on any atom is -0.490 e. The molecule has 2 bridgehead atoms. The van der Waals surface area contributed by atoms with E-state index in [1.165, 1.54) is 20.7 Å². The number of benzene rings is 4. The molecule has 3 heterocycles. The average Bonchev–Trinajstić information content (AvgIpc) is 2.75. The van der Waals surface area contributed by atoms with E-state index < -0.39 is 15.4 Å². The summed E-state index contributed by atoms with van der Waals surface area (Å²) in [7, 11) is -3.69. The number of hydrogen-bond acceptors (Lipinski definition) is 3. The standard InChI is InChI=1S/C24H16BClO3Si/c26-17-13-15-18(16-14-17)30-22-10-4-1-7-19(22)27-25(28-20-8-2-5-11-23(20)30)29-21-9-3-6-12-24(21)30/h1-16H. The first-order valence-corrected chi connectivity index (χ1v) is 12.2. The van der Waals surface area contributed by atoms with Crippen molar-refractivity contribution in [3.63, 3.8) is 0 Å². The van der Waals surface area contributed by atoms with Gasteiger partial charge >= 0.3 is 7.32 Å². The Balaban J connectivity index is 1.85. The summed E-state index contributed by atoms with van der Waals surface area (Å²) in [6.45, 7) is 0.